The number of alkyl halides is 4. The third-order valence-electron chi connectivity index (χ3n) is 1.89. The van der Waals surface area contributed by atoms with Gasteiger partial charge in [0.1, 0.15) is 0 Å². The Bertz CT molecular complexity index is 425. The summed E-state index contributed by atoms with van der Waals surface area (Å²) in [6, 6.07) is 5.50. The number of thioether (sulfide) groups is 1. The number of anilines is 1. The van der Waals surface area contributed by atoms with E-state index < -0.39 is 9.83 Å². The molecule has 1 amide bonds. The maximum atomic E-state index is 12.1. The van der Waals surface area contributed by atoms with Gasteiger partial charge in [0, 0.05) is 10.6 Å². The first-order valence-electron chi connectivity index (χ1n) is 4.94. The predicted octanol–water partition coefficient (Wildman–Crippen LogP) is 4.41. The minimum atomic E-state index is -4.30. The topological polar surface area (TPSA) is 29.1 Å². The average Bonchev–Trinajstić information content (AvgIpc) is 2.17. The van der Waals surface area contributed by atoms with Crippen LogP contribution in [0.2, 0.25) is 0 Å². The largest absolute Gasteiger partial charge is 0.446 e. The fourth-order valence-corrected chi connectivity index (χ4v) is 1.66. The maximum Gasteiger partial charge on any atom is 0.446 e. The molecule has 0 aliphatic rings. The number of carbonyl (C=O) groups excluding carboxylic acids is 1. The Morgan fingerprint density at radius 3 is 2.11 bits per heavy atom. The zero-order valence-corrected chi connectivity index (χ0v) is 12.0. The van der Waals surface area contributed by atoms with Crippen molar-refractivity contribution in [1.29, 1.82) is 0 Å². The summed E-state index contributed by atoms with van der Waals surface area (Å²) in [5.74, 6) is -0.265. The summed E-state index contributed by atoms with van der Waals surface area (Å²) >= 11 is 3.00. The fourth-order valence-electron chi connectivity index (χ4n) is 1.02. The third-order valence-corrected chi connectivity index (χ3v) is 2.99. The van der Waals surface area contributed by atoms with E-state index in [9.17, 15) is 18.0 Å². The highest BCUT2D eigenvalue weighted by Crippen LogP contribution is 2.37. The Morgan fingerprint density at radius 2 is 1.72 bits per heavy atom. The molecule has 0 heterocycles. The van der Waals surface area contributed by atoms with Crippen LogP contribution in [-0.2, 0) is 4.79 Å². The second-order valence-corrected chi connectivity index (χ2v) is 7.12. The second-order valence-electron chi connectivity index (χ2n) is 4.00. The molecule has 0 saturated carbocycles. The molecule has 0 aliphatic heterocycles. The lowest BCUT2D eigenvalue weighted by molar-refractivity contribution is -0.117. The molecule has 1 rings (SSSR count). The van der Waals surface area contributed by atoms with E-state index in [1.807, 2.05) is 0 Å². The lowest BCUT2D eigenvalue weighted by Crippen LogP contribution is -2.30. The summed E-state index contributed by atoms with van der Waals surface area (Å²) in [4.78, 5) is 11.7. The smallest absolute Gasteiger partial charge is 0.325 e. The van der Waals surface area contributed by atoms with Crippen LogP contribution < -0.4 is 5.32 Å². The lowest BCUT2D eigenvalue weighted by Gasteiger charge is -2.16. The van der Waals surface area contributed by atoms with Crippen LogP contribution in [0, 0.1) is 0 Å². The molecule has 0 bridgehead atoms. The van der Waals surface area contributed by atoms with E-state index in [0.717, 1.165) is 0 Å². The van der Waals surface area contributed by atoms with E-state index >= 15 is 0 Å². The van der Waals surface area contributed by atoms with Crippen molar-refractivity contribution in [2.75, 3.05) is 5.32 Å². The first kappa shape index (κ1) is 15.4. The standard InChI is InChI=1S/C11H11BrF3NOS/c1-10(2,12)9(17)16-7-3-5-8(6-4-7)18-11(13,14)15/h3-6H,1-2H3,(H,16,17). The van der Waals surface area contributed by atoms with Crippen molar-refractivity contribution in [3.8, 4) is 0 Å². The number of benzene rings is 1. The van der Waals surface area contributed by atoms with Gasteiger partial charge in [0.2, 0.25) is 5.91 Å². The van der Waals surface area contributed by atoms with Gasteiger partial charge in [0.05, 0.1) is 4.32 Å². The summed E-state index contributed by atoms with van der Waals surface area (Å²) in [5, 5.41) is 2.60. The number of amides is 1. The molecule has 0 fully saturated rings. The van der Waals surface area contributed by atoms with Gasteiger partial charge in [-0.05, 0) is 49.9 Å². The minimum Gasteiger partial charge on any atom is -0.325 e. The molecule has 0 aromatic heterocycles. The monoisotopic (exact) mass is 341 g/mol. The predicted molar refractivity (Wildman–Crippen MR) is 70.0 cm³/mol. The summed E-state index contributed by atoms with van der Waals surface area (Å²) in [6.45, 7) is 3.35. The Morgan fingerprint density at radius 1 is 1.22 bits per heavy atom. The van der Waals surface area contributed by atoms with Gasteiger partial charge in [-0.1, -0.05) is 15.9 Å². The van der Waals surface area contributed by atoms with Crippen LogP contribution in [-0.4, -0.2) is 15.7 Å². The van der Waals surface area contributed by atoms with Crippen molar-refractivity contribution in [1.82, 2.24) is 0 Å². The molecular weight excluding hydrogens is 331 g/mol. The quantitative estimate of drug-likeness (QED) is 0.651. The molecule has 0 atom stereocenters. The maximum absolute atomic E-state index is 12.1. The van der Waals surface area contributed by atoms with E-state index in [4.69, 9.17) is 0 Å². The lowest BCUT2D eigenvalue weighted by atomic mass is 10.2. The summed E-state index contributed by atoms with van der Waals surface area (Å²) in [5.41, 5.74) is -3.85. The van der Waals surface area contributed by atoms with E-state index in [2.05, 4.69) is 21.2 Å². The van der Waals surface area contributed by atoms with Gasteiger partial charge in [0.15, 0.2) is 0 Å². The second kappa shape index (κ2) is 5.52. The van der Waals surface area contributed by atoms with Crippen molar-refractivity contribution in [2.45, 2.75) is 28.6 Å². The van der Waals surface area contributed by atoms with Gasteiger partial charge < -0.3 is 5.32 Å². The Balaban J connectivity index is 2.70. The minimum absolute atomic E-state index is 0.0820. The molecule has 7 heteroatoms. The molecule has 1 aromatic rings. The van der Waals surface area contributed by atoms with Crippen molar-refractivity contribution in [3.63, 3.8) is 0 Å². The number of carbonyl (C=O) groups is 1. The van der Waals surface area contributed by atoms with E-state index in [1.165, 1.54) is 24.3 Å². The van der Waals surface area contributed by atoms with Crippen LogP contribution in [0.3, 0.4) is 0 Å². The normalized spacial score (nSPS) is 12.3. The highest BCUT2D eigenvalue weighted by Gasteiger charge is 2.29. The van der Waals surface area contributed by atoms with Crippen molar-refractivity contribution in [2.24, 2.45) is 0 Å². The van der Waals surface area contributed by atoms with Gasteiger partial charge in [0.25, 0.3) is 0 Å². The molecular formula is C11H11BrF3NOS. The SMILES string of the molecule is CC(C)(Br)C(=O)Nc1ccc(SC(F)(F)F)cc1. The molecule has 0 saturated heterocycles. The molecule has 1 aromatic carbocycles. The van der Waals surface area contributed by atoms with Crippen molar-refractivity contribution in [3.05, 3.63) is 24.3 Å². The van der Waals surface area contributed by atoms with Crippen LogP contribution in [0.15, 0.2) is 29.2 Å². The third kappa shape index (κ3) is 5.30. The fraction of sp³-hybridized carbons (Fsp3) is 0.364. The zero-order valence-electron chi connectivity index (χ0n) is 9.64. The van der Waals surface area contributed by atoms with E-state index in [1.54, 1.807) is 13.8 Å². The van der Waals surface area contributed by atoms with Gasteiger partial charge in [-0.3, -0.25) is 4.79 Å². The van der Waals surface area contributed by atoms with Crippen molar-refractivity contribution < 1.29 is 18.0 Å². The number of hydrogen-bond acceptors (Lipinski definition) is 2. The van der Waals surface area contributed by atoms with Crippen LogP contribution >= 0.6 is 27.7 Å². The summed E-state index contributed by atoms with van der Waals surface area (Å²) in [6.07, 6.45) is 0. The van der Waals surface area contributed by atoms with Crippen LogP contribution in [0.1, 0.15) is 13.8 Å². The van der Waals surface area contributed by atoms with Crippen LogP contribution in [0.5, 0.6) is 0 Å². The van der Waals surface area contributed by atoms with Crippen molar-refractivity contribution >= 4 is 39.3 Å². The molecule has 0 spiro atoms. The first-order chi connectivity index (χ1) is 8.08. The molecule has 0 radical (unpaired) electrons. The zero-order chi connectivity index (χ0) is 14.0. The molecule has 0 unspecified atom stereocenters. The van der Waals surface area contributed by atoms with Gasteiger partial charge in [-0.2, -0.15) is 13.2 Å². The Hall–Kier alpha value is -0.690. The highest BCUT2D eigenvalue weighted by molar-refractivity contribution is 9.10. The van der Waals surface area contributed by atoms with Crippen LogP contribution in [0.25, 0.3) is 0 Å². The Kier molecular flexibility index (Phi) is 4.72. The molecule has 2 nitrogen and oxygen atoms in total. The molecule has 100 valence electrons. The number of hydrogen-bond donors (Lipinski definition) is 1. The summed E-state index contributed by atoms with van der Waals surface area (Å²) in [7, 11) is 0. The van der Waals surface area contributed by atoms with Gasteiger partial charge in [-0.25, -0.2) is 0 Å². The van der Waals surface area contributed by atoms with Gasteiger partial charge >= 0.3 is 5.51 Å². The molecule has 1 N–H and O–H groups in total. The van der Waals surface area contributed by atoms with E-state index in [-0.39, 0.29) is 22.6 Å². The average molecular weight is 342 g/mol. The van der Waals surface area contributed by atoms with Crippen LogP contribution in [0.4, 0.5) is 18.9 Å². The number of halogens is 4. The summed E-state index contributed by atoms with van der Waals surface area (Å²) < 4.78 is 35.6. The highest BCUT2D eigenvalue weighted by atomic mass is 79.9. The first-order valence-corrected chi connectivity index (χ1v) is 6.55. The van der Waals surface area contributed by atoms with Gasteiger partial charge in [-0.15, -0.1) is 0 Å². The Labute approximate surface area is 115 Å². The molecule has 0 aliphatic carbocycles. The van der Waals surface area contributed by atoms with E-state index in [0.29, 0.717) is 5.69 Å². The number of rotatable bonds is 3. The molecule has 18 heavy (non-hydrogen) atoms. The number of nitrogens with one attached hydrogen (secondary N) is 1.